The van der Waals surface area contributed by atoms with E-state index in [0.29, 0.717) is 30.1 Å². The van der Waals surface area contributed by atoms with E-state index >= 15 is 0 Å². The molecule has 1 aromatic rings. The van der Waals surface area contributed by atoms with Crippen LogP contribution >= 0.6 is 27.3 Å². The molecule has 1 aromatic heterocycles. The van der Waals surface area contributed by atoms with Crippen LogP contribution in [0.1, 0.15) is 23.0 Å². The van der Waals surface area contributed by atoms with Crippen LogP contribution in [0, 0.1) is 11.8 Å². The van der Waals surface area contributed by atoms with Crippen molar-refractivity contribution in [1.82, 2.24) is 4.90 Å². The Morgan fingerprint density at radius 2 is 2.25 bits per heavy atom. The normalized spacial score (nSPS) is 22.6. The molecule has 2 unspecified atom stereocenters. The third-order valence-corrected chi connectivity index (χ3v) is 5.37. The van der Waals surface area contributed by atoms with Crippen molar-refractivity contribution in [2.24, 2.45) is 11.8 Å². The van der Waals surface area contributed by atoms with Crippen LogP contribution in [-0.2, 0) is 4.79 Å². The fraction of sp³-hybridized carbons (Fsp3) is 0.538. The van der Waals surface area contributed by atoms with Crippen LogP contribution in [0.5, 0.6) is 5.75 Å². The minimum absolute atomic E-state index is 0.0319. The van der Waals surface area contributed by atoms with E-state index in [-0.39, 0.29) is 17.7 Å². The lowest BCUT2D eigenvalue weighted by Gasteiger charge is -2.34. The van der Waals surface area contributed by atoms with E-state index in [1.165, 1.54) is 11.3 Å². The van der Waals surface area contributed by atoms with Crippen molar-refractivity contribution in [1.29, 1.82) is 0 Å². The number of ether oxygens (including phenoxy) is 1. The highest BCUT2D eigenvalue weighted by atomic mass is 79.9. The van der Waals surface area contributed by atoms with Crippen LogP contribution in [0.4, 0.5) is 0 Å². The number of piperidine rings is 1. The SMILES string of the molecule is COc1cc(C(=O)N2CCC(C(=O)O)C(C)C2)sc1Br. The van der Waals surface area contributed by atoms with Gasteiger partial charge in [0.25, 0.3) is 5.91 Å². The maximum Gasteiger partial charge on any atom is 0.306 e. The first kappa shape index (κ1) is 15.3. The molecular formula is C13H16BrNO4S. The molecule has 0 aliphatic carbocycles. The smallest absolute Gasteiger partial charge is 0.306 e. The number of hydrogen-bond acceptors (Lipinski definition) is 4. The minimum atomic E-state index is -0.773. The molecule has 0 bridgehead atoms. The molecule has 1 aliphatic rings. The van der Waals surface area contributed by atoms with Crippen molar-refractivity contribution in [2.75, 3.05) is 20.2 Å². The van der Waals surface area contributed by atoms with E-state index in [9.17, 15) is 9.59 Å². The van der Waals surface area contributed by atoms with Crippen molar-refractivity contribution < 1.29 is 19.4 Å². The first-order valence-electron chi connectivity index (χ1n) is 6.29. The number of carboxylic acid groups (broad SMARTS) is 1. The number of hydrogen-bond donors (Lipinski definition) is 1. The summed E-state index contributed by atoms with van der Waals surface area (Å²) < 4.78 is 5.94. The number of methoxy groups -OCH3 is 1. The quantitative estimate of drug-likeness (QED) is 0.898. The number of nitrogens with zero attached hydrogens (tertiary/aromatic N) is 1. The largest absolute Gasteiger partial charge is 0.495 e. The molecule has 2 atom stereocenters. The Morgan fingerprint density at radius 1 is 1.55 bits per heavy atom. The third kappa shape index (κ3) is 2.98. The second-order valence-electron chi connectivity index (χ2n) is 4.91. The van der Waals surface area contributed by atoms with Gasteiger partial charge in [0.1, 0.15) is 9.54 Å². The highest BCUT2D eigenvalue weighted by molar-refractivity contribution is 9.11. The number of aliphatic carboxylic acids is 1. The predicted molar refractivity (Wildman–Crippen MR) is 79.4 cm³/mol. The number of carbonyl (C=O) groups is 2. The van der Waals surface area contributed by atoms with Gasteiger partial charge in [-0.25, -0.2) is 0 Å². The van der Waals surface area contributed by atoms with Crippen molar-refractivity contribution in [3.05, 3.63) is 14.7 Å². The van der Waals surface area contributed by atoms with Crippen molar-refractivity contribution in [3.63, 3.8) is 0 Å². The lowest BCUT2D eigenvalue weighted by molar-refractivity contribution is -0.145. The van der Waals surface area contributed by atoms with E-state index in [4.69, 9.17) is 9.84 Å². The van der Waals surface area contributed by atoms with Gasteiger partial charge in [-0.1, -0.05) is 6.92 Å². The summed E-state index contributed by atoms with van der Waals surface area (Å²) in [6.07, 6.45) is 0.506. The van der Waals surface area contributed by atoms with Gasteiger partial charge in [-0.05, 0) is 28.3 Å². The molecule has 1 aliphatic heterocycles. The molecule has 2 rings (SSSR count). The molecule has 1 saturated heterocycles. The molecule has 0 saturated carbocycles. The standard InChI is InChI=1S/C13H16BrNO4S/c1-7-6-15(4-3-8(7)13(17)18)12(16)10-5-9(19-2)11(14)20-10/h5,7-8H,3-4,6H2,1-2H3,(H,17,18). The van der Waals surface area contributed by atoms with Crippen molar-refractivity contribution in [2.45, 2.75) is 13.3 Å². The summed E-state index contributed by atoms with van der Waals surface area (Å²) in [6.45, 7) is 2.84. The molecule has 1 amide bonds. The summed E-state index contributed by atoms with van der Waals surface area (Å²) in [4.78, 5) is 25.8. The van der Waals surface area contributed by atoms with Crippen LogP contribution in [0.3, 0.4) is 0 Å². The van der Waals surface area contributed by atoms with Gasteiger partial charge in [-0.3, -0.25) is 9.59 Å². The van der Waals surface area contributed by atoms with Gasteiger partial charge >= 0.3 is 5.97 Å². The molecule has 20 heavy (non-hydrogen) atoms. The van der Waals surface area contributed by atoms with Crippen LogP contribution in [-0.4, -0.2) is 42.1 Å². The summed E-state index contributed by atoms with van der Waals surface area (Å²) in [6, 6.07) is 1.71. The van der Waals surface area contributed by atoms with Gasteiger partial charge in [0.15, 0.2) is 0 Å². The first-order chi connectivity index (χ1) is 9.43. The average molecular weight is 362 g/mol. The van der Waals surface area contributed by atoms with Crippen LogP contribution in [0.25, 0.3) is 0 Å². The number of carboxylic acids is 1. The predicted octanol–water partition coefficient (Wildman–Crippen LogP) is 2.70. The fourth-order valence-electron chi connectivity index (χ4n) is 2.45. The van der Waals surface area contributed by atoms with Crippen LogP contribution in [0.15, 0.2) is 9.85 Å². The molecule has 1 N–H and O–H groups in total. The molecule has 110 valence electrons. The van der Waals surface area contributed by atoms with Gasteiger partial charge < -0.3 is 14.7 Å². The summed E-state index contributed by atoms with van der Waals surface area (Å²) in [7, 11) is 1.56. The van der Waals surface area contributed by atoms with E-state index in [1.807, 2.05) is 6.92 Å². The Hall–Kier alpha value is -1.08. The first-order valence-corrected chi connectivity index (χ1v) is 7.90. The fourth-order valence-corrected chi connectivity index (χ4v) is 4.07. The Morgan fingerprint density at radius 3 is 2.75 bits per heavy atom. The van der Waals surface area contributed by atoms with E-state index < -0.39 is 5.97 Å². The van der Waals surface area contributed by atoms with E-state index in [1.54, 1.807) is 18.1 Å². The topological polar surface area (TPSA) is 66.8 Å². The van der Waals surface area contributed by atoms with Crippen LogP contribution < -0.4 is 4.74 Å². The average Bonchev–Trinajstić information content (AvgIpc) is 2.78. The lowest BCUT2D eigenvalue weighted by atomic mass is 9.87. The second kappa shape index (κ2) is 6.13. The molecule has 0 radical (unpaired) electrons. The molecular weight excluding hydrogens is 346 g/mol. The van der Waals surface area contributed by atoms with E-state index in [0.717, 1.165) is 3.79 Å². The molecule has 0 spiro atoms. The number of thiophene rings is 1. The molecule has 0 aromatic carbocycles. The second-order valence-corrected chi connectivity index (χ2v) is 7.28. The Labute approximate surface area is 129 Å². The molecule has 5 nitrogen and oxygen atoms in total. The zero-order valence-electron chi connectivity index (χ0n) is 11.3. The van der Waals surface area contributed by atoms with Gasteiger partial charge in [0.2, 0.25) is 0 Å². The van der Waals surface area contributed by atoms with Crippen molar-refractivity contribution in [3.8, 4) is 5.75 Å². The number of likely N-dealkylation sites (tertiary alicyclic amines) is 1. The minimum Gasteiger partial charge on any atom is -0.495 e. The summed E-state index contributed by atoms with van der Waals surface area (Å²) in [5.74, 6) is -0.578. The summed E-state index contributed by atoms with van der Waals surface area (Å²) in [5, 5.41) is 9.10. The number of halogens is 1. The van der Waals surface area contributed by atoms with Gasteiger partial charge in [-0.15, -0.1) is 11.3 Å². The van der Waals surface area contributed by atoms with Crippen molar-refractivity contribution >= 4 is 39.1 Å². The monoisotopic (exact) mass is 361 g/mol. The highest BCUT2D eigenvalue weighted by Crippen LogP contribution is 2.35. The molecule has 1 fully saturated rings. The Bertz CT molecular complexity index is 530. The Kier molecular flexibility index (Phi) is 4.70. The number of carbonyl (C=O) groups excluding carboxylic acids is 1. The van der Waals surface area contributed by atoms with Crippen LogP contribution in [0.2, 0.25) is 0 Å². The maximum atomic E-state index is 12.4. The number of rotatable bonds is 3. The lowest BCUT2D eigenvalue weighted by Crippen LogP contribution is -2.44. The molecule has 2 heterocycles. The highest BCUT2D eigenvalue weighted by Gasteiger charge is 2.33. The van der Waals surface area contributed by atoms with Gasteiger partial charge in [-0.2, -0.15) is 0 Å². The maximum absolute atomic E-state index is 12.4. The number of amides is 1. The molecule has 7 heteroatoms. The Balaban J connectivity index is 2.09. The summed E-state index contributed by atoms with van der Waals surface area (Å²) in [5.41, 5.74) is 0. The summed E-state index contributed by atoms with van der Waals surface area (Å²) >= 11 is 4.69. The third-order valence-electron chi connectivity index (χ3n) is 3.60. The zero-order chi connectivity index (χ0) is 14.9. The van der Waals surface area contributed by atoms with E-state index in [2.05, 4.69) is 15.9 Å². The van der Waals surface area contributed by atoms with Gasteiger partial charge in [0, 0.05) is 19.2 Å². The zero-order valence-corrected chi connectivity index (χ0v) is 13.7. The van der Waals surface area contributed by atoms with Gasteiger partial charge in [0.05, 0.1) is 17.9 Å².